The lowest BCUT2D eigenvalue weighted by Crippen LogP contribution is -2.19. The first-order chi connectivity index (χ1) is 10.1. The number of anilines is 2. The van der Waals surface area contributed by atoms with Gasteiger partial charge in [0, 0.05) is 13.1 Å². The fraction of sp³-hybridized carbons (Fsp3) is 0.267. The summed E-state index contributed by atoms with van der Waals surface area (Å²) in [7, 11) is 1.68. The van der Waals surface area contributed by atoms with Gasteiger partial charge < -0.3 is 10.6 Å². The van der Waals surface area contributed by atoms with Crippen LogP contribution in [0.3, 0.4) is 0 Å². The number of nitrogens with one attached hydrogen (secondary N) is 2. The molecule has 1 aromatic heterocycles. The minimum Gasteiger partial charge on any atom is -0.373 e. The molecule has 1 aromatic carbocycles. The minimum atomic E-state index is -0.421. The molecular weight excluding hydrogens is 268 g/mol. The second kappa shape index (κ2) is 6.69. The summed E-state index contributed by atoms with van der Waals surface area (Å²) in [6.07, 6.45) is 0.820. The van der Waals surface area contributed by atoms with E-state index >= 15 is 0 Å². The van der Waals surface area contributed by atoms with Crippen molar-refractivity contribution >= 4 is 17.3 Å². The normalized spacial score (nSPS) is 11.7. The van der Waals surface area contributed by atoms with E-state index in [4.69, 9.17) is 0 Å². The van der Waals surface area contributed by atoms with Gasteiger partial charge in [-0.1, -0.05) is 30.3 Å². The summed E-state index contributed by atoms with van der Waals surface area (Å²) in [6, 6.07) is 13.0. The molecule has 0 saturated heterocycles. The molecule has 0 aliphatic carbocycles. The molecule has 6 nitrogen and oxygen atoms in total. The second-order valence-corrected chi connectivity index (χ2v) is 4.84. The van der Waals surface area contributed by atoms with Gasteiger partial charge in [-0.25, -0.2) is 4.98 Å². The number of nitro groups is 1. The second-order valence-electron chi connectivity index (χ2n) is 4.84. The van der Waals surface area contributed by atoms with Gasteiger partial charge in [-0.2, -0.15) is 0 Å². The molecular formula is C15H18N4O2. The average Bonchev–Trinajstić information content (AvgIpc) is 2.47. The number of hydrogen-bond donors (Lipinski definition) is 2. The Labute approximate surface area is 123 Å². The third-order valence-electron chi connectivity index (χ3n) is 3.06. The van der Waals surface area contributed by atoms with Gasteiger partial charge in [0.05, 0.1) is 17.1 Å². The number of rotatable bonds is 6. The number of aromatic nitrogens is 1. The lowest BCUT2D eigenvalue weighted by molar-refractivity contribution is -0.384. The molecule has 1 unspecified atom stereocenters. The smallest absolute Gasteiger partial charge is 0.276 e. The summed E-state index contributed by atoms with van der Waals surface area (Å²) in [4.78, 5) is 14.8. The maximum absolute atomic E-state index is 10.9. The van der Waals surface area contributed by atoms with Crippen molar-refractivity contribution in [1.82, 2.24) is 4.98 Å². The van der Waals surface area contributed by atoms with Crippen LogP contribution in [0.25, 0.3) is 0 Å². The van der Waals surface area contributed by atoms with Crippen LogP contribution in [0.4, 0.5) is 17.3 Å². The van der Waals surface area contributed by atoms with Gasteiger partial charge in [-0.3, -0.25) is 10.1 Å². The van der Waals surface area contributed by atoms with Crippen LogP contribution in [-0.2, 0) is 6.42 Å². The van der Waals surface area contributed by atoms with E-state index < -0.39 is 4.92 Å². The van der Waals surface area contributed by atoms with Crippen molar-refractivity contribution in [2.75, 3.05) is 17.7 Å². The summed E-state index contributed by atoms with van der Waals surface area (Å²) < 4.78 is 0. The van der Waals surface area contributed by atoms with Crippen molar-refractivity contribution < 1.29 is 4.92 Å². The van der Waals surface area contributed by atoms with Crippen LogP contribution in [0.2, 0.25) is 0 Å². The Hall–Kier alpha value is -2.63. The van der Waals surface area contributed by atoms with E-state index in [1.54, 1.807) is 7.05 Å². The van der Waals surface area contributed by atoms with E-state index in [-0.39, 0.29) is 11.7 Å². The molecule has 0 bridgehead atoms. The average molecular weight is 286 g/mol. The lowest BCUT2D eigenvalue weighted by atomic mass is 10.1. The van der Waals surface area contributed by atoms with Gasteiger partial charge >= 0.3 is 0 Å². The zero-order chi connectivity index (χ0) is 15.2. The van der Waals surface area contributed by atoms with Gasteiger partial charge in [0.1, 0.15) is 11.6 Å². The molecule has 0 aliphatic heterocycles. The van der Waals surface area contributed by atoms with Crippen LogP contribution < -0.4 is 10.6 Å². The Bertz CT molecular complexity index is 616. The molecule has 0 radical (unpaired) electrons. The van der Waals surface area contributed by atoms with Gasteiger partial charge in [-0.15, -0.1) is 0 Å². The fourth-order valence-electron chi connectivity index (χ4n) is 2.09. The Morgan fingerprint density at radius 1 is 1.24 bits per heavy atom. The Morgan fingerprint density at radius 3 is 2.52 bits per heavy atom. The highest BCUT2D eigenvalue weighted by molar-refractivity contribution is 5.54. The molecule has 0 spiro atoms. The highest BCUT2D eigenvalue weighted by atomic mass is 16.6. The van der Waals surface area contributed by atoms with Crippen molar-refractivity contribution in [3.05, 3.63) is 58.1 Å². The van der Waals surface area contributed by atoms with Crippen molar-refractivity contribution in [2.24, 2.45) is 0 Å². The molecule has 110 valence electrons. The van der Waals surface area contributed by atoms with Crippen molar-refractivity contribution in [1.29, 1.82) is 0 Å². The fourth-order valence-corrected chi connectivity index (χ4v) is 2.09. The molecule has 2 N–H and O–H groups in total. The molecule has 2 aromatic rings. The standard InChI is InChI=1S/C15H18N4O2/c1-11(8-12-6-4-3-5-7-12)17-15-10-13(19(20)21)9-14(16-2)18-15/h3-7,9-11H,8H2,1-2H3,(H2,16,17,18). The number of pyridine rings is 1. The van der Waals surface area contributed by atoms with Crippen LogP contribution in [0.15, 0.2) is 42.5 Å². The molecule has 0 amide bonds. The summed E-state index contributed by atoms with van der Waals surface area (Å²) in [6.45, 7) is 2.02. The third-order valence-corrected chi connectivity index (χ3v) is 3.06. The summed E-state index contributed by atoms with van der Waals surface area (Å²) >= 11 is 0. The van der Waals surface area contributed by atoms with E-state index in [1.165, 1.54) is 17.7 Å². The molecule has 0 fully saturated rings. The summed E-state index contributed by atoms with van der Waals surface area (Å²) in [5.74, 6) is 0.968. The Balaban J connectivity index is 2.11. The lowest BCUT2D eigenvalue weighted by Gasteiger charge is -2.15. The van der Waals surface area contributed by atoms with E-state index in [2.05, 4.69) is 27.8 Å². The SMILES string of the molecule is CNc1cc([N+](=O)[O-])cc(NC(C)Cc2ccccc2)n1. The van der Waals surface area contributed by atoms with Crippen LogP contribution in [-0.4, -0.2) is 23.0 Å². The van der Waals surface area contributed by atoms with E-state index in [0.717, 1.165) is 6.42 Å². The van der Waals surface area contributed by atoms with Crippen LogP contribution in [0.1, 0.15) is 12.5 Å². The molecule has 1 atom stereocenters. The van der Waals surface area contributed by atoms with Crippen LogP contribution in [0, 0.1) is 10.1 Å². The molecule has 2 rings (SSSR count). The van der Waals surface area contributed by atoms with Gasteiger partial charge in [0.2, 0.25) is 0 Å². The zero-order valence-corrected chi connectivity index (χ0v) is 12.0. The first kappa shape index (κ1) is 14.8. The molecule has 1 heterocycles. The predicted octanol–water partition coefficient (Wildman–Crippen LogP) is 3.07. The molecule has 6 heteroatoms. The van der Waals surface area contributed by atoms with Crippen LogP contribution >= 0.6 is 0 Å². The molecule has 21 heavy (non-hydrogen) atoms. The van der Waals surface area contributed by atoms with Crippen molar-refractivity contribution in [3.63, 3.8) is 0 Å². The predicted molar refractivity (Wildman–Crippen MR) is 83.7 cm³/mol. The number of nitrogens with zero attached hydrogens (tertiary/aromatic N) is 2. The molecule has 0 saturated carbocycles. The number of benzene rings is 1. The Morgan fingerprint density at radius 2 is 1.90 bits per heavy atom. The third kappa shape index (κ3) is 4.17. The van der Waals surface area contributed by atoms with E-state index in [9.17, 15) is 10.1 Å². The zero-order valence-electron chi connectivity index (χ0n) is 12.0. The largest absolute Gasteiger partial charge is 0.373 e. The van der Waals surface area contributed by atoms with Crippen LogP contribution in [0.5, 0.6) is 0 Å². The van der Waals surface area contributed by atoms with Crippen molar-refractivity contribution in [2.45, 2.75) is 19.4 Å². The molecule has 0 aliphatic rings. The Kier molecular flexibility index (Phi) is 4.71. The topological polar surface area (TPSA) is 80.1 Å². The first-order valence-electron chi connectivity index (χ1n) is 6.73. The summed E-state index contributed by atoms with van der Waals surface area (Å²) in [5, 5.41) is 17.0. The van der Waals surface area contributed by atoms with E-state index in [0.29, 0.717) is 11.6 Å². The van der Waals surface area contributed by atoms with Gasteiger partial charge in [-0.05, 0) is 18.9 Å². The van der Waals surface area contributed by atoms with E-state index in [1.807, 2.05) is 25.1 Å². The highest BCUT2D eigenvalue weighted by Gasteiger charge is 2.12. The summed E-state index contributed by atoms with van der Waals surface area (Å²) in [5.41, 5.74) is 1.22. The maximum Gasteiger partial charge on any atom is 0.276 e. The van der Waals surface area contributed by atoms with Gasteiger partial charge in [0.25, 0.3) is 5.69 Å². The maximum atomic E-state index is 10.9. The highest BCUT2D eigenvalue weighted by Crippen LogP contribution is 2.21. The number of hydrogen-bond acceptors (Lipinski definition) is 5. The van der Waals surface area contributed by atoms with Gasteiger partial charge in [0.15, 0.2) is 0 Å². The quantitative estimate of drug-likeness (QED) is 0.630. The monoisotopic (exact) mass is 286 g/mol. The van der Waals surface area contributed by atoms with Crippen molar-refractivity contribution in [3.8, 4) is 0 Å². The minimum absolute atomic E-state index is 0.0174. The first-order valence-corrected chi connectivity index (χ1v) is 6.73.